The van der Waals surface area contributed by atoms with Crippen LogP contribution in [0, 0.1) is 0 Å². The van der Waals surface area contributed by atoms with Gasteiger partial charge in [0.15, 0.2) is 0 Å². The zero-order valence-electron chi connectivity index (χ0n) is 11.8. The molecule has 0 radical (unpaired) electrons. The quantitative estimate of drug-likeness (QED) is 0.840. The molecule has 0 amide bonds. The highest BCUT2D eigenvalue weighted by molar-refractivity contribution is 7.94. The summed E-state index contributed by atoms with van der Waals surface area (Å²) in [6, 6.07) is 10.4. The lowest BCUT2D eigenvalue weighted by Gasteiger charge is -2.06. The van der Waals surface area contributed by atoms with Crippen LogP contribution in [0.15, 0.2) is 40.6 Å². The van der Waals surface area contributed by atoms with Crippen molar-refractivity contribution in [1.82, 2.24) is 5.32 Å². The van der Waals surface area contributed by atoms with E-state index in [-0.39, 0.29) is 0 Å². The van der Waals surface area contributed by atoms with Crippen LogP contribution in [0.5, 0.6) is 0 Å². The Kier molecular flexibility index (Phi) is 5.27. The van der Waals surface area contributed by atoms with Crippen LogP contribution in [0.1, 0.15) is 18.7 Å². The zero-order valence-corrected chi connectivity index (χ0v) is 14.1. The summed E-state index contributed by atoms with van der Waals surface area (Å²) in [5, 5.41) is 3.83. The average molecular weight is 345 g/mol. The molecule has 0 atom stereocenters. The third kappa shape index (κ3) is 4.71. The summed E-state index contributed by atoms with van der Waals surface area (Å²) in [7, 11) is -3.55. The van der Waals surface area contributed by atoms with E-state index in [0.717, 1.165) is 4.88 Å². The van der Waals surface area contributed by atoms with Gasteiger partial charge in [-0.05, 0) is 36.4 Å². The van der Waals surface area contributed by atoms with Gasteiger partial charge in [0, 0.05) is 28.2 Å². The molecule has 1 aromatic heterocycles. The van der Waals surface area contributed by atoms with Crippen molar-refractivity contribution in [2.24, 2.45) is 0 Å². The van der Waals surface area contributed by atoms with E-state index in [9.17, 15) is 8.42 Å². The van der Waals surface area contributed by atoms with Gasteiger partial charge < -0.3 is 5.32 Å². The van der Waals surface area contributed by atoms with Crippen LogP contribution >= 0.6 is 22.9 Å². The molecular formula is C14H17ClN2O2S2. The van der Waals surface area contributed by atoms with E-state index in [2.05, 4.69) is 10.0 Å². The lowest BCUT2D eigenvalue weighted by molar-refractivity contribution is 0.593. The van der Waals surface area contributed by atoms with Gasteiger partial charge >= 0.3 is 0 Å². The Bertz CT molecular complexity index is 694. The van der Waals surface area contributed by atoms with E-state index < -0.39 is 10.0 Å². The molecular weight excluding hydrogens is 328 g/mol. The summed E-state index contributed by atoms with van der Waals surface area (Å²) >= 11 is 7.05. The highest BCUT2D eigenvalue weighted by atomic mass is 35.5. The van der Waals surface area contributed by atoms with Gasteiger partial charge in [-0.1, -0.05) is 25.4 Å². The monoisotopic (exact) mass is 344 g/mol. The molecule has 1 heterocycles. The molecule has 0 aliphatic carbocycles. The third-order valence-electron chi connectivity index (χ3n) is 2.68. The summed E-state index contributed by atoms with van der Waals surface area (Å²) in [5.41, 5.74) is 0.495. The van der Waals surface area contributed by atoms with Crippen molar-refractivity contribution in [3.63, 3.8) is 0 Å². The van der Waals surface area contributed by atoms with Crippen molar-refractivity contribution in [2.45, 2.75) is 30.6 Å². The SMILES string of the molecule is CC(C)NCc1ccc(S(=O)(=O)Nc2ccc(Cl)cc2)s1. The number of anilines is 1. The Labute approximate surface area is 134 Å². The fraction of sp³-hybridized carbons (Fsp3) is 0.286. The summed E-state index contributed by atoms with van der Waals surface area (Å²) in [5.74, 6) is 0. The summed E-state index contributed by atoms with van der Waals surface area (Å²) in [4.78, 5) is 0.986. The molecule has 21 heavy (non-hydrogen) atoms. The average Bonchev–Trinajstić information content (AvgIpc) is 2.88. The number of thiophene rings is 1. The van der Waals surface area contributed by atoms with Crippen molar-refractivity contribution < 1.29 is 8.42 Å². The third-order valence-corrected chi connectivity index (χ3v) is 5.89. The fourth-order valence-corrected chi connectivity index (χ4v) is 4.12. The van der Waals surface area contributed by atoms with Gasteiger partial charge in [-0.3, -0.25) is 4.72 Å². The minimum atomic E-state index is -3.55. The fourth-order valence-electron chi connectivity index (χ4n) is 1.63. The Morgan fingerprint density at radius 1 is 1.14 bits per heavy atom. The molecule has 0 fully saturated rings. The van der Waals surface area contributed by atoms with Crippen LogP contribution < -0.4 is 10.0 Å². The number of hydrogen-bond donors (Lipinski definition) is 2. The predicted molar refractivity (Wildman–Crippen MR) is 88.6 cm³/mol. The van der Waals surface area contributed by atoms with Gasteiger partial charge in [0.25, 0.3) is 10.0 Å². The van der Waals surface area contributed by atoms with Crippen molar-refractivity contribution in [3.05, 3.63) is 46.3 Å². The Balaban J connectivity index is 2.10. The largest absolute Gasteiger partial charge is 0.310 e. The first-order valence-electron chi connectivity index (χ1n) is 6.47. The molecule has 4 nitrogen and oxygen atoms in total. The van der Waals surface area contributed by atoms with E-state index in [4.69, 9.17) is 11.6 Å². The molecule has 7 heteroatoms. The molecule has 0 aliphatic heterocycles. The van der Waals surface area contributed by atoms with Gasteiger partial charge in [-0.25, -0.2) is 8.42 Å². The number of nitrogens with one attached hydrogen (secondary N) is 2. The number of halogens is 1. The van der Waals surface area contributed by atoms with E-state index >= 15 is 0 Å². The summed E-state index contributed by atoms with van der Waals surface area (Å²) < 4.78 is 27.4. The first-order chi connectivity index (χ1) is 9.87. The second kappa shape index (κ2) is 6.79. The number of benzene rings is 1. The molecule has 2 rings (SSSR count). The van der Waals surface area contributed by atoms with Crippen LogP contribution in [-0.2, 0) is 16.6 Å². The van der Waals surface area contributed by atoms with Gasteiger partial charge in [0.1, 0.15) is 4.21 Å². The maximum Gasteiger partial charge on any atom is 0.271 e. The topological polar surface area (TPSA) is 58.2 Å². The van der Waals surface area contributed by atoms with E-state index in [1.54, 1.807) is 30.3 Å². The van der Waals surface area contributed by atoms with Gasteiger partial charge in [-0.15, -0.1) is 11.3 Å². The number of hydrogen-bond acceptors (Lipinski definition) is 4. The smallest absolute Gasteiger partial charge is 0.271 e. The Morgan fingerprint density at radius 2 is 1.81 bits per heavy atom. The first-order valence-corrected chi connectivity index (χ1v) is 9.15. The highest BCUT2D eigenvalue weighted by Gasteiger charge is 2.17. The maximum absolute atomic E-state index is 12.3. The van der Waals surface area contributed by atoms with Crippen LogP contribution in [0.2, 0.25) is 5.02 Å². The minimum Gasteiger partial charge on any atom is -0.310 e. The maximum atomic E-state index is 12.3. The second-order valence-electron chi connectivity index (χ2n) is 4.87. The van der Waals surface area contributed by atoms with Crippen molar-refractivity contribution in [3.8, 4) is 0 Å². The standard InChI is InChI=1S/C14H17ClN2O2S2/c1-10(2)16-9-13-7-8-14(20-13)21(18,19)17-12-5-3-11(15)4-6-12/h3-8,10,16-17H,9H2,1-2H3. The number of rotatable bonds is 6. The van der Waals surface area contributed by atoms with Crippen LogP contribution in [0.25, 0.3) is 0 Å². The molecule has 1 aromatic carbocycles. The van der Waals surface area contributed by atoms with Crippen molar-refractivity contribution >= 4 is 38.6 Å². The summed E-state index contributed by atoms with van der Waals surface area (Å²) in [6.45, 7) is 4.76. The Morgan fingerprint density at radius 3 is 2.43 bits per heavy atom. The van der Waals surface area contributed by atoms with Crippen LogP contribution in [0.3, 0.4) is 0 Å². The summed E-state index contributed by atoms with van der Waals surface area (Å²) in [6.07, 6.45) is 0. The normalized spacial score (nSPS) is 11.8. The molecule has 2 aromatic rings. The number of sulfonamides is 1. The van der Waals surface area contributed by atoms with E-state index in [1.807, 2.05) is 19.9 Å². The van der Waals surface area contributed by atoms with Gasteiger partial charge in [0.2, 0.25) is 0 Å². The lowest BCUT2D eigenvalue weighted by atomic mass is 10.3. The molecule has 0 unspecified atom stereocenters. The highest BCUT2D eigenvalue weighted by Crippen LogP contribution is 2.24. The predicted octanol–water partition coefficient (Wildman–Crippen LogP) is 3.70. The molecule has 0 saturated carbocycles. The molecule has 0 saturated heterocycles. The second-order valence-corrected chi connectivity index (χ2v) is 8.38. The van der Waals surface area contributed by atoms with E-state index in [1.165, 1.54) is 11.3 Å². The van der Waals surface area contributed by atoms with Gasteiger partial charge in [-0.2, -0.15) is 0 Å². The molecule has 0 spiro atoms. The van der Waals surface area contributed by atoms with Gasteiger partial charge in [0.05, 0.1) is 0 Å². The zero-order chi connectivity index (χ0) is 15.5. The first kappa shape index (κ1) is 16.3. The Hall–Kier alpha value is -1.08. The van der Waals surface area contributed by atoms with Crippen LogP contribution in [-0.4, -0.2) is 14.5 Å². The van der Waals surface area contributed by atoms with Crippen molar-refractivity contribution in [2.75, 3.05) is 4.72 Å². The lowest BCUT2D eigenvalue weighted by Crippen LogP contribution is -2.21. The van der Waals surface area contributed by atoms with Crippen molar-refractivity contribution in [1.29, 1.82) is 0 Å². The van der Waals surface area contributed by atoms with E-state index in [0.29, 0.717) is 27.5 Å². The minimum absolute atomic E-state index is 0.304. The molecule has 114 valence electrons. The molecule has 0 bridgehead atoms. The molecule has 2 N–H and O–H groups in total. The molecule has 0 aliphatic rings. The van der Waals surface area contributed by atoms with Crippen LogP contribution in [0.4, 0.5) is 5.69 Å².